The summed E-state index contributed by atoms with van der Waals surface area (Å²) in [6.07, 6.45) is 0. The molecule has 1 amide bonds. The third-order valence-electron chi connectivity index (χ3n) is 2.54. The second-order valence-corrected chi connectivity index (χ2v) is 5.00. The van der Waals surface area contributed by atoms with Gasteiger partial charge in [-0.1, -0.05) is 27.5 Å². The Balaban J connectivity index is 3.31. The molecule has 1 aromatic carbocycles. The molecule has 0 saturated heterocycles. The second-order valence-electron chi connectivity index (χ2n) is 3.71. The van der Waals surface area contributed by atoms with Crippen LogP contribution in [0.15, 0.2) is 22.7 Å². The first-order valence-electron chi connectivity index (χ1n) is 5.33. The van der Waals surface area contributed by atoms with Crippen molar-refractivity contribution in [1.82, 2.24) is 4.90 Å². The fourth-order valence-electron chi connectivity index (χ4n) is 1.75. The van der Waals surface area contributed by atoms with E-state index in [9.17, 15) is 14.7 Å². The number of hydrogen-bond acceptors (Lipinski definition) is 2. The van der Waals surface area contributed by atoms with Crippen LogP contribution in [0.1, 0.15) is 25.5 Å². The molecule has 0 saturated carbocycles. The fraction of sp³-hybridized carbons (Fsp3) is 0.333. The number of carbonyl (C=O) groups excluding carboxylic acids is 1. The van der Waals surface area contributed by atoms with Crippen LogP contribution < -0.4 is 0 Å². The lowest BCUT2D eigenvalue weighted by Crippen LogP contribution is -2.37. The quantitative estimate of drug-likeness (QED) is 0.920. The molecule has 0 aliphatic rings. The van der Waals surface area contributed by atoms with E-state index >= 15 is 0 Å². The van der Waals surface area contributed by atoms with Gasteiger partial charge in [0.15, 0.2) is 6.04 Å². The average Bonchev–Trinajstić information content (AvgIpc) is 2.28. The number of rotatable bonds is 4. The zero-order valence-electron chi connectivity index (χ0n) is 9.98. The van der Waals surface area contributed by atoms with Crippen LogP contribution in [0.3, 0.4) is 0 Å². The van der Waals surface area contributed by atoms with Crippen molar-refractivity contribution in [3.63, 3.8) is 0 Å². The molecule has 4 nitrogen and oxygen atoms in total. The Morgan fingerprint density at radius 1 is 1.50 bits per heavy atom. The molecule has 6 heteroatoms. The van der Waals surface area contributed by atoms with Gasteiger partial charge in [0.2, 0.25) is 5.91 Å². The lowest BCUT2D eigenvalue weighted by Gasteiger charge is -2.27. The molecule has 1 atom stereocenters. The number of amides is 1. The van der Waals surface area contributed by atoms with Crippen LogP contribution in [0.4, 0.5) is 0 Å². The lowest BCUT2D eigenvalue weighted by atomic mass is 10.1. The molecule has 18 heavy (non-hydrogen) atoms. The molecule has 1 rings (SSSR count). The van der Waals surface area contributed by atoms with E-state index in [2.05, 4.69) is 15.9 Å². The van der Waals surface area contributed by atoms with Crippen molar-refractivity contribution >= 4 is 39.4 Å². The van der Waals surface area contributed by atoms with Gasteiger partial charge in [-0.3, -0.25) is 4.79 Å². The largest absolute Gasteiger partial charge is 0.479 e. The molecule has 0 radical (unpaired) electrons. The summed E-state index contributed by atoms with van der Waals surface area (Å²) in [6, 6.07) is 3.83. The van der Waals surface area contributed by atoms with Crippen molar-refractivity contribution in [3.05, 3.63) is 33.3 Å². The molecule has 0 fully saturated rings. The SMILES string of the molecule is CCN(C(C)=O)C(C(=O)O)c1cc(Cl)ccc1Br. The van der Waals surface area contributed by atoms with E-state index in [-0.39, 0.29) is 5.91 Å². The first kappa shape index (κ1) is 15.0. The Labute approximate surface area is 119 Å². The van der Waals surface area contributed by atoms with Crippen LogP contribution in [-0.4, -0.2) is 28.4 Å². The summed E-state index contributed by atoms with van der Waals surface area (Å²) in [5.74, 6) is -1.38. The molecule has 0 spiro atoms. The summed E-state index contributed by atoms with van der Waals surface area (Å²) < 4.78 is 0.610. The van der Waals surface area contributed by atoms with Gasteiger partial charge >= 0.3 is 5.97 Å². The molecule has 0 heterocycles. The number of benzene rings is 1. The van der Waals surface area contributed by atoms with E-state index in [0.29, 0.717) is 21.6 Å². The third kappa shape index (κ3) is 3.23. The Morgan fingerprint density at radius 2 is 2.11 bits per heavy atom. The molecule has 0 aromatic heterocycles. The molecular formula is C12H13BrClNO3. The Morgan fingerprint density at radius 3 is 2.56 bits per heavy atom. The van der Waals surface area contributed by atoms with Gasteiger partial charge in [0.25, 0.3) is 0 Å². The Hall–Kier alpha value is -1.07. The molecule has 0 bridgehead atoms. The van der Waals surface area contributed by atoms with Gasteiger partial charge in [-0.2, -0.15) is 0 Å². The van der Waals surface area contributed by atoms with Gasteiger partial charge in [0.05, 0.1) is 0 Å². The molecule has 1 N–H and O–H groups in total. The first-order valence-corrected chi connectivity index (χ1v) is 6.50. The maximum Gasteiger partial charge on any atom is 0.331 e. The lowest BCUT2D eigenvalue weighted by molar-refractivity contribution is -0.149. The smallest absolute Gasteiger partial charge is 0.331 e. The first-order chi connectivity index (χ1) is 8.38. The van der Waals surface area contributed by atoms with Crippen LogP contribution in [0.2, 0.25) is 5.02 Å². The van der Waals surface area contributed by atoms with Gasteiger partial charge in [-0.25, -0.2) is 4.79 Å². The van der Waals surface area contributed by atoms with Gasteiger partial charge < -0.3 is 10.0 Å². The number of aliphatic carboxylic acids is 1. The minimum Gasteiger partial charge on any atom is -0.479 e. The predicted molar refractivity (Wildman–Crippen MR) is 72.6 cm³/mol. The Bertz CT molecular complexity index is 478. The topological polar surface area (TPSA) is 57.6 Å². The van der Waals surface area contributed by atoms with Crippen LogP contribution in [0, 0.1) is 0 Å². The molecule has 98 valence electrons. The summed E-state index contributed by atoms with van der Waals surface area (Å²) in [7, 11) is 0. The van der Waals surface area contributed by atoms with Crippen molar-refractivity contribution in [1.29, 1.82) is 0 Å². The number of hydrogen-bond donors (Lipinski definition) is 1. The van der Waals surface area contributed by atoms with Crippen molar-refractivity contribution in [2.75, 3.05) is 6.54 Å². The van der Waals surface area contributed by atoms with E-state index in [1.54, 1.807) is 25.1 Å². The summed E-state index contributed by atoms with van der Waals surface area (Å²) in [4.78, 5) is 24.2. The van der Waals surface area contributed by atoms with E-state index < -0.39 is 12.0 Å². The van der Waals surface area contributed by atoms with E-state index in [1.165, 1.54) is 11.8 Å². The summed E-state index contributed by atoms with van der Waals surface area (Å²) >= 11 is 9.16. The molecule has 1 unspecified atom stereocenters. The molecular weight excluding hydrogens is 321 g/mol. The summed E-state index contributed by atoms with van der Waals surface area (Å²) in [6.45, 7) is 3.39. The summed E-state index contributed by atoms with van der Waals surface area (Å²) in [5, 5.41) is 9.76. The highest BCUT2D eigenvalue weighted by Crippen LogP contribution is 2.30. The van der Waals surface area contributed by atoms with Gasteiger partial charge in [-0.15, -0.1) is 0 Å². The maximum atomic E-state index is 11.5. The van der Waals surface area contributed by atoms with Crippen molar-refractivity contribution < 1.29 is 14.7 Å². The minimum absolute atomic E-state index is 0.295. The number of carbonyl (C=O) groups is 2. The van der Waals surface area contributed by atoms with Crippen molar-refractivity contribution in [2.24, 2.45) is 0 Å². The fourth-order valence-corrected chi connectivity index (χ4v) is 2.39. The van der Waals surface area contributed by atoms with Crippen LogP contribution in [0.25, 0.3) is 0 Å². The van der Waals surface area contributed by atoms with E-state index in [1.807, 2.05) is 0 Å². The van der Waals surface area contributed by atoms with Crippen molar-refractivity contribution in [2.45, 2.75) is 19.9 Å². The number of likely N-dealkylation sites (N-methyl/N-ethyl adjacent to an activating group) is 1. The number of halogens is 2. The van der Waals surface area contributed by atoms with Crippen LogP contribution >= 0.6 is 27.5 Å². The highest BCUT2D eigenvalue weighted by Gasteiger charge is 2.30. The monoisotopic (exact) mass is 333 g/mol. The van der Waals surface area contributed by atoms with Gasteiger partial charge in [0, 0.05) is 28.5 Å². The average molecular weight is 335 g/mol. The van der Waals surface area contributed by atoms with Gasteiger partial charge in [0.1, 0.15) is 0 Å². The number of carboxylic acids is 1. The number of nitrogens with zero attached hydrogens (tertiary/aromatic N) is 1. The molecule has 1 aromatic rings. The zero-order valence-corrected chi connectivity index (χ0v) is 12.3. The number of carboxylic acid groups (broad SMARTS) is 1. The highest BCUT2D eigenvalue weighted by molar-refractivity contribution is 9.10. The summed E-state index contributed by atoms with van der Waals surface area (Å²) in [5.41, 5.74) is 0.465. The van der Waals surface area contributed by atoms with Crippen molar-refractivity contribution in [3.8, 4) is 0 Å². The van der Waals surface area contributed by atoms with Crippen LogP contribution in [-0.2, 0) is 9.59 Å². The molecule has 0 aliphatic carbocycles. The molecule has 0 aliphatic heterocycles. The van der Waals surface area contributed by atoms with Crippen LogP contribution in [0.5, 0.6) is 0 Å². The minimum atomic E-state index is -1.09. The Kier molecular flexibility index (Phi) is 5.16. The second kappa shape index (κ2) is 6.20. The third-order valence-corrected chi connectivity index (χ3v) is 3.50. The maximum absolute atomic E-state index is 11.5. The predicted octanol–water partition coefficient (Wildman–Crippen LogP) is 3.10. The standard InChI is InChI=1S/C12H13BrClNO3/c1-3-15(7(2)16)11(12(17)18)9-6-8(14)4-5-10(9)13/h4-6,11H,3H2,1-2H3,(H,17,18). The van der Waals surface area contributed by atoms with E-state index in [4.69, 9.17) is 11.6 Å². The zero-order chi connectivity index (χ0) is 13.9. The van der Waals surface area contributed by atoms with Gasteiger partial charge in [-0.05, 0) is 25.1 Å². The normalized spacial score (nSPS) is 12.0. The highest BCUT2D eigenvalue weighted by atomic mass is 79.9. The van der Waals surface area contributed by atoms with E-state index in [0.717, 1.165) is 0 Å².